The molecule has 7 nitrogen and oxygen atoms in total. The van der Waals surface area contributed by atoms with E-state index < -0.39 is 0 Å². The van der Waals surface area contributed by atoms with Gasteiger partial charge < -0.3 is 22.1 Å². The van der Waals surface area contributed by atoms with Crippen LogP contribution in [-0.2, 0) is 4.79 Å². The summed E-state index contributed by atoms with van der Waals surface area (Å²) in [6.45, 7) is -0.0599. The standard InChI is InChI=1S/C6H14N6O/c1-12(2)4(13)3-10-6(9)11-5(7)8/h3H2,1-2H3,(H6,7,8,9,10,11). The Labute approximate surface area is 76.3 Å². The molecule has 0 spiro atoms. The first kappa shape index (κ1) is 11.2. The maximum Gasteiger partial charge on any atom is 0.243 e. The lowest BCUT2D eigenvalue weighted by molar-refractivity contribution is -0.127. The van der Waals surface area contributed by atoms with Gasteiger partial charge in [0, 0.05) is 14.1 Å². The summed E-state index contributed by atoms with van der Waals surface area (Å²) in [6.07, 6.45) is 0. The molecular weight excluding hydrogens is 172 g/mol. The predicted octanol–water partition coefficient (Wildman–Crippen LogP) is -2.34. The van der Waals surface area contributed by atoms with Gasteiger partial charge in [0.2, 0.25) is 11.9 Å². The number of guanidine groups is 2. The largest absolute Gasteiger partial charge is 0.370 e. The van der Waals surface area contributed by atoms with Crippen LogP contribution in [0.2, 0.25) is 0 Å². The van der Waals surface area contributed by atoms with Crippen molar-refractivity contribution in [2.75, 3.05) is 20.6 Å². The van der Waals surface area contributed by atoms with E-state index in [0.29, 0.717) is 0 Å². The molecule has 13 heavy (non-hydrogen) atoms. The maximum atomic E-state index is 11.0. The van der Waals surface area contributed by atoms with Crippen molar-refractivity contribution in [2.45, 2.75) is 0 Å². The summed E-state index contributed by atoms with van der Waals surface area (Å²) >= 11 is 0. The average molecular weight is 186 g/mol. The molecule has 0 fully saturated rings. The lowest BCUT2D eigenvalue weighted by Gasteiger charge is -2.06. The molecule has 0 aromatic heterocycles. The summed E-state index contributed by atoms with van der Waals surface area (Å²) in [5.41, 5.74) is 15.3. The first-order valence-corrected chi connectivity index (χ1v) is 3.53. The van der Waals surface area contributed by atoms with Crippen LogP contribution in [0.25, 0.3) is 0 Å². The molecule has 0 aliphatic heterocycles. The van der Waals surface area contributed by atoms with Crippen molar-refractivity contribution in [1.82, 2.24) is 4.90 Å². The van der Waals surface area contributed by atoms with Gasteiger partial charge in [0.1, 0.15) is 6.54 Å². The van der Waals surface area contributed by atoms with E-state index in [1.54, 1.807) is 14.1 Å². The fourth-order valence-electron chi connectivity index (χ4n) is 0.458. The Kier molecular flexibility index (Phi) is 4.28. The molecular formula is C6H14N6O. The third-order valence-electron chi connectivity index (χ3n) is 1.12. The van der Waals surface area contributed by atoms with Gasteiger partial charge >= 0.3 is 0 Å². The number of hydrogen-bond donors (Lipinski definition) is 3. The molecule has 0 heterocycles. The fourth-order valence-corrected chi connectivity index (χ4v) is 0.458. The number of nitrogens with two attached hydrogens (primary N) is 3. The monoisotopic (exact) mass is 186 g/mol. The van der Waals surface area contributed by atoms with Gasteiger partial charge in [-0.3, -0.25) is 4.79 Å². The van der Waals surface area contributed by atoms with Gasteiger partial charge in [-0.15, -0.1) is 0 Å². The van der Waals surface area contributed by atoms with E-state index >= 15 is 0 Å². The van der Waals surface area contributed by atoms with Gasteiger partial charge in [-0.1, -0.05) is 0 Å². The second-order valence-corrected chi connectivity index (χ2v) is 2.50. The molecule has 0 unspecified atom stereocenters. The van der Waals surface area contributed by atoms with Crippen molar-refractivity contribution in [2.24, 2.45) is 27.2 Å². The molecule has 0 aromatic carbocycles. The van der Waals surface area contributed by atoms with Crippen LogP contribution in [0.4, 0.5) is 0 Å². The van der Waals surface area contributed by atoms with E-state index in [1.165, 1.54) is 4.90 Å². The number of carbonyl (C=O) groups is 1. The normalized spacial score (nSPS) is 10.8. The van der Waals surface area contributed by atoms with E-state index in [1.807, 2.05) is 0 Å². The summed E-state index contributed by atoms with van der Waals surface area (Å²) < 4.78 is 0. The van der Waals surface area contributed by atoms with Crippen LogP contribution in [0.5, 0.6) is 0 Å². The molecule has 0 bridgehead atoms. The average Bonchev–Trinajstić information content (AvgIpc) is 1.98. The molecule has 7 heteroatoms. The van der Waals surface area contributed by atoms with Crippen LogP contribution in [0.1, 0.15) is 0 Å². The van der Waals surface area contributed by atoms with Crippen molar-refractivity contribution >= 4 is 17.8 Å². The van der Waals surface area contributed by atoms with Gasteiger partial charge in [-0.2, -0.15) is 4.99 Å². The number of carbonyl (C=O) groups excluding carboxylic acids is 1. The second-order valence-electron chi connectivity index (χ2n) is 2.50. The highest BCUT2D eigenvalue weighted by atomic mass is 16.2. The van der Waals surface area contributed by atoms with Gasteiger partial charge in [-0.05, 0) is 0 Å². The number of amides is 1. The van der Waals surface area contributed by atoms with Crippen molar-refractivity contribution in [3.63, 3.8) is 0 Å². The highest BCUT2D eigenvalue weighted by molar-refractivity contribution is 5.93. The van der Waals surface area contributed by atoms with Gasteiger partial charge in [0.05, 0.1) is 0 Å². The number of aliphatic imine (C=N–C) groups is 2. The highest BCUT2D eigenvalue weighted by Crippen LogP contribution is 1.81. The third-order valence-corrected chi connectivity index (χ3v) is 1.12. The zero-order chi connectivity index (χ0) is 10.4. The fraction of sp³-hybridized carbons (Fsp3) is 0.500. The molecule has 0 atom stereocenters. The Bertz CT molecular complexity index is 240. The van der Waals surface area contributed by atoms with Crippen molar-refractivity contribution in [3.05, 3.63) is 0 Å². The molecule has 6 N–H and O–H groups in total. The van der Waals surface area contributed by atoms with E-state index in [0.717, 1.165) is 0 Å². The Morgan fingerprint density at radius 2 is 1.85 bits per heavy atom. The number of likely N-dealkylation sites (N-methyl/N-ethyl adjacent to an activating group) is 1. The van der Waals surface area contributed by atoms with Crippen LogP contribution in [0.15, 0.2) is 9.98 Å². The summed E-state index contributed by atoms with van der Waals surface area (Å²) in [6, 6.07) is 0. The van der Waals surface area contributed by atoms with Gasteiger partial charge in [-0.25, -0.2) is 4.99 Å². The zero-order valence-corrected chi connectivity index (χ0v) is 7.69. The van der Waals surface area contributed by atoms with Crippen LogP contribution >= 0.6 is 0 Å². The Morgan fingerprint density at radius 1 is 1.31 bits per heavy atom. The summed E-state index contributed by atoms with van der Waals surface area (Å²) in [4.78, 5) is 19.5. The minimum Gasteiger partial charge on any atom is -0.370 e. The molecule has 0 aliphatic carbocycles. The van der Waals surface area contributed by atoms with E-state index in [-0.39, 0.29) is 24.4 Å². The van der Waals surface area contributed by atoms with Crippen molar-refractivity contribution < 1.29 is 4.79 Å². The Morgan fingerprint density at radius 3 is 2.23 bits per heavy atom. The van der Waals surface area contributed by atoms with Crippen LogP contribution < -0.4 is 17.2 Å². The Hall–Kier alpha value is -1.79. The van der Waals surface area contributed by atoms with Crippen molar-refractivity contribution in [1.29, 1.82) is 0 Å². The molecule has 74 valence electrons. The number of nitrogens with zero attached hydrogens (tertiary/aromatic N) is 3. The molecule has 0 aliphatic rings. The van der Waals surface area contributed by atoms with Gasteiger partial charge in [0.15, 0.2) is 5.96 Å². The molecule has 0 radical (unpaired) electrons. The molecule has 0 saturated carbocycles. The minimum atomic E-state index is -0.182. The van der Waals surface area contributed by atoms with Gasteiger partial charge in [0.25, 0.3) is 0 Å². The summed E-state index contributed by atoms with van der Waals surface area (Å²) in [7, 11) is 3.24. The molecule has 0 rings (SSSR count). The maximum absolute atomic E-state index is 11.0. The zero-order valence-electron chi connectivity index (χ0n) is 7.69. The van der Waals surface area contributed by atoms with Crippen molar-refractivity contribution in [3.8, 4) is 0 Å². The second kappa shape index (κ2) is 4.96. The predicted molar refractivity (Wildman–Crippen MR) is 51.0 cm³/mol. The number of hydrogen-bond acceptors (Lipinski definition) is 2. The Balaban J connectivity index is 4.13. The number of rotatable bonds is 2. The lowest BCUT2D eigenvalue weighted by Crippen LogP contribution is -2.28. The quantitative estimate of drug-likeness (QED) is 0.330. The highest BCUT2D eigenvalue weighted by Gasteiger charge is 2.01. The molecule has 1 amide bonds. The SMILES string of the molecule is CN(C)C(=O)CN=C(N)N=C(N)N. The van der Waals surface area contributed by atoms with Crippen LogP contribution in [0, 0.1) is 0 Å². The first-order valence-electron chi connectivity index (χ1n) is 3.53. The minimum absolute atomic E-state index is 0.0599. The summed E-state index contributed by atoms with van der Waals surface area (Å²) in [5, 5.41) is 0. The topological polar surface area (TPSA) is 123 Å². The van der Waals surface area contributed by atoms with Crippen LogP contribution in [-0.4, -0.2) is 43.4 Å². The van der Waals surface area contributed by atoms with E-state index in [2.05, 4.69) is 9.98 Å². The van der Waals surface area contributed by atoms with E-state index in [9.17, 15) is 4.79 Å². The third kappa shape index (κ3) is 5.48. The lowest BCUT2D eigenvalue weighted by atomic mass is 10.5. The smallest absolute Gasteiger partial charge is 0.243 e. The van der Waals surface area contributed by atoms with Crippen LogP contribution in [0.3, 0.4) is 0 Å². The first-order chi connectivity index (χ1) is 5.93. The molecule has 0 saturated heterocycles. The molecule has 0 aromatic rings. The van der Waals surface area contributed by atoms with E-state index in [4.69, 9.17) is 17.2 Å². The summed E-state index contributed by atoms with van der Waals surface area (Å²) in [5.74, 6) is -0.456.